The van der Waals surface area contributed by atoms with Crippen LogP contribution in [-0.4, -0.2) is 45.5 Å². The van der Waals surface area contributed by atoms with Crippen LogP contribution in [0.25, 0.3) is 0 Å². The summed E-state index contributed by atoms with van der Waals surface area (Å²) < 4.78 is 6.85. The number of nitrogens with zero attached hydrogens (tertiary/aromatic N) is 2. The molecule has 1 amide bonds. The van der Waals surface area contributed by atoms with E-state index in [0.717, 1.165) is 5.69 Å². The van der Waals surface area contributed by atoms with Crippen LogP contribution in [0.15, 0.2) is 6.20 Å². The molecule has 1 saturated heterocycles. The van der Waals surface area contributed by atoms with Gasteiger partial charge in [-0.05, 0) is 20.8 Å². The molecule has 1 unspecified atom stereocenters. The van der Waals surface area contributed by atoms with Crippen molar-refractivity contribution in [2.75, 3.05) is 13.2 Å². The molecular formula is C13H19N3O4. The van der Waals surface area contributed by atoms with Gasteiger partial charge in [0, 0.05) is 24.8 Å². The van der Waals surface area contributed by atoms with Crippen molar-refractivity contribution < 1.29 is 19.4 Å². The minimum atomic E-state index is -1.33. The number of carboxylic acid groups (broad SMARTS) is 1. The fourth-order valence-corrected chi connectivity index (χ4v) is 2.34. The topological polar surface area (TPSA) is 93.5 Å². The Kier molecular flexibility index (Phi) is 3.80. The summed E-state index contributed by atoms with van der Waals surface area (Å²) in [5.74, 6) is -1.50. The predicted molar refractivity (Wildman–Crippen MR) is 70.6 cm³/mol. The Bertz CT molecular complexity index is 530. The van der Waals surface area contributed by atoms with Crippen LogP contribution in [0.5, 0.6) is 0 Å². The maximum absolute atomic E-state index is 12.3. The van der Waals surface area contributed by atoms with E-state index in [2.05, 4.69) is 10.4 Å². The van der Waals surface area contributed by atoms with Crippen molar-refractivity contribution in [1.29, 1.82) is 0 Å². The van der Waals surface area contributed by atoms with Gasteiger partial charge in [-0.3, -0.25) is 9.48 Å². The average molecular weight is 281 g/mol. The Morgan fingerprint density at radius 1 is 1.55 bits per heavy atom. The quantitative estimate of drug-likeness (QED) is 0.849. The molecule has 0 aromatic carbocycles. The molecule has 7 nitrogen and oxygen atoms in total. The Labute approximate surface area is 116 Å². The van der Waals surface area contributed by atoms with Crippen LogP contribution in [0.4, 0.5) is 0 Å². The van der Waals surface area contributed by atoms with Gasteiger partial charge in [0.15, 0.2) is 5.54 Å². The number of carbonyl (C=O) groups excluding carboxylic acids is 1. The second-order valence-electron chi connectivity index (χ2n) is 5.33. The van der Waals surface area contributed by atoms with Gasteiger partial charge in [0.05, 0.1) is 18.4 Å². The highest BCUT2D eigenvalue weighted by Crippen LogP contribution is 2.21. The lowest BCUT2D eigenvalue weighted by atomic mass is 9.98. The van der Waals surface area contributed by atoms with Gasteiger partial charge in [-0.2, -0.15) is 5.10 Å². The zero-order valence-electron chi connectivity index (χ0n) is 11.8. The highest BCUT2D eigenvalue weighted by atomic mass is 16.5. The van der Waals surface area contributed by atoms with Crippen molar-refractivity contribution in [2.45, 2.75) is 38.8 Å². The SMILES string of the molecule is Cc1c(C(=O)NC2(C(=O)O)CCOC2)cnn1C(C)C. The van der Waals surface area contributed by atoms with E-state index in [1.54, 1.807) is 11.6 Å². The molecule has 0 saturated carbocycles. The Morgan fingerprint density at radius 2 is 2.25 bits per heavy atom. The van der Waals surface area contributed by atoms with E-state index in [-0.39, 0.29) is 19.1 Å². The zero-order valence-corrected chi connectivity index (χ0v) is 11.8. The van der Waals surface area contributed by atoms with Gasteiger partial charge in [-0.25, -0.2) is 4.79 Å². The van der Waals surface area contributed by atoms with Crippen LogP contribution in [0.1, 0.15) is 42.4 Å². The van der Waals surface area contributed by atoms with Crippen molar-refractivity contribution in [1.82, 2.24) is 15.1 Å². The lowest BCUT2D eigenvalue weighted by molar-refractivity contribution is -0.144. The molecule has 1 aliphatic rings. The first-order chi connectivity index (χ1) is 9.37. The van der Waals surface area contributed by atoms with Crippen molar-refractivity contribution in [2.24, 2.45) is 0 Å². The van der Waals surface area contributed by atoms with Crippen molar-refractivity contribution in [3.8, 4) is 0 Å². The van der Waals surface area contributed by atoms with E-state index in [1.165, 1.54) is 6.20 Å². The number of hydrogen-bond donors (Lipinski definition) is 2. The number of ether oxygens (including phenoxy) is 1. The number of aromatic nitrogens is 2. The van der Waals surface area contributed by atoms with Gasteiger partial charge in [0.1, 0.15) is 0 Å². The van der Waals surface area contributed by atoms with Crippen LogP contribution in [0, 0.1) is 6.92 Å². The van der Waals surface area contributed by atoms with Crippen LogP contribution in [0.2, 0.25) is 0 Å². The Morgan fingerprint density at radius 3 is 2.70 bits per heavy atom. The van der Waals surface area contributed by atoms with Gasteiger partial charge in [-0.1, -0.05) is 0 Å². The molecule has 1 fully saturated rings. The average Bonchev–Trinajstić information content (AvgIpc) is 2.96. The maximum Gasteiger partial charge on any atom is 0.331 e. The summed E-state index contributed by atoms with van der Waals surface area (Å²) in [5.41, 5.74) is -0.216. The number of nitrogens with one attached hydrogen (secondary N) is 1. The third-order valence-corrected chi connectivity index (χ3v) is 3.56. The first-order valence-corrected chi connectivity index (χ1v) is 6.55. The summed E-state index contributed by atoms with van der Waals surface area (Å²) in [6, 6.07) is 0.139. The molecule has 1 aliphatic heterocycles. The van der Waals surface area contributed by atoms with Gasteiger partial charge >= 0.3 is 5.97 Å². The largest absolute Gasteiger partial charge is 0.479 e. The molecular weight excluding hydrogens is 262 g/mol. The maximum atomic E-state index is 12.3. The molecule has 20 heavy (non-hydrogen) atoms. The number of carboxylic acids is 1. The molecule has 2 heterocycles. The Balaban J connectivity index is 2.22. The molecule has 2 rings (SSSR count). The summed E-state index contributed by atoms with van der Waals surface area (Å²) >= 11 is 0. The van der Waals surface area contributed by atoms with Crippen LogP contribution in [0.3, 0.4) is 0 Å². The van der Waals surface area contributed by atoms with E-state index in [9.17, 15) is 14.7 Å². The van der Waals surface area contributed by atoms with Crippen molar-refractivity contribution >= 4 is 11.9 Å². The minimum Gasteiger partial charge on any atom is -0.479 e. The number of rotatable bonds is 4. The van der Waals surface area contributed by atoms with Crippen molar-refractivity contribution in [3.05, 3.63) is 17.5 Å². The summed E-state index contributed by atoms with van der Waals surface area (Å²) in [6.07, 6.45) is 1.74. The summed E-state index contributed by atoms with van der Waals surface area (Å²) in [7, 11) is 0. The first kappa shape index (κ1) is 14.5. The van der Waals surface area contributed by atoms with E-state index in [4.69, 9.17) is 4.74 Å². The van der Waals surface area contributed by atoms with Gasteiger partial charge in [0.25, 0.3) is 5.91 Å². The lowest BCUT2D eigenvalue weighted by Crippen LogP contribution is -2.55. The molecule has 0 spiro atoms. The van der Waals surface area contributed by atoms with Gasteiger partial charge < -0.3 is 15.2 Å². The number of hydrogen-bond acceptors (Lipinski definition) is 4. The molecule has 1 aromatic rings. The first-order valence-electron chi connectivity index (χ1n) is 6.55. The zero-order chi connectivity index (χ0) is 14.9. The number of aliphatic carboxylic acids is 1. The predicted octanol–water partition coefficient (Wildman–Crippen LogP) is 0.746. The van der Waals surface area contributed by atoms with E-state index >= 15 is 0 Å². The third-order valence-electron chi connectivity index (χ3n) is 3.56. The fraction of sp³-hybridized carbons (Fsp3) is 0.615. The minimum absolute atomic E-state index is 0.00849. The lowest BCUT2D eigenvalue weighted by Gasteiger charge is -2.23. The highest BCUT2D eigenvalue weighted by Gasteiger charge is 2.44. The monoisotopic (exact) mass is 281 g/mol. The normalized spacial score (nSPS) is 22.2. The second kappa shape index (κ2) is 5.24. The van der Waals surface area contributed by atoms with Crippen LogP contribution in [-0.2, 0) is 9.53 Å². The smallest absolute Gasteiger partial charge is 0.331 e. The Hall–Kier alpha value is -1.89. The summed E-state index contributed by atoms with van der Waals surface area (Å²) in [5, 5.41) is 16.0. The molecule has 1 aromatic heterocycles. The molecule has 7 heteroatoms. The standard InChI is InChI=1S/C13H19N3O4/c1-8(2)16-9(3)10(6-14-16)11(17)15-13(12(18)19)4-5-20-7-13/h6,8H,4-5,7H2,1-3H3,(H,15,17)(H,18,19). The molecule has 0 radical (unpaired) electrons. The van der Waals surface area contributed by atoms with E-state index in [0.29, 0.717) is 12.2 Å². The third kappa shape index (κ3) is 2.40. The molecule has 2 N–H and O–H groups in total. The van der Waals surface area contributed by atoms with E-state index < -0.39 is 17.4 Å². The second-order valence-corrected chi connectivity index (χ2v) is 5.33. The van der Waals surface area contributed by atoms with Crippen LogP contribution >= 0.6 is 0 Å². The fourth-order valence-electron chi connectivity index (χ4n) is 2.34. The number of carbonyl (C=O) groups is 2. The molecule has 0 bridgehead atoms. The summed E-state index contributed by atoms with van der Waals surface area (Å²) in [4.78, 5) is 23.7. The van der Waals surface area contributed by atoms with Gasteiger partial charge in [0.2, 0.25) is 0 Å². The number of amides is 1. The molecule has 0 aliphatic carbocycles. The highest BCUT2D eigenvalue weighted by molar-refractivity contribution is 5.98. The van der Waals surface area contributed by atoms with Crippen LogP contribution < -0.4 is 5.32 Å². The van der Waals surface area contributed by atoms with E-state index in [1.807, 2.05) is 13.8 Å². The summed E-state index contributed by atoms with van der Waals surface area (Å²) in [6.45, 7) is 6.04. The molecule has 1 atom stereocenters. The van der Waals surface area contributed by atoms with Crippen molar-refractivity contribution in [3.63, 3.8) is 0 Å². The molecule has 110 valence electrons. The van der Waals surface area contributed by atoms with Gasteiger partial charge in [-0.15, -0.1) is 0 Å².